The van der Waals surface area contributed by atoms with Crippen LogP contribution in [0.1, 0.15) is 31.1 Å². The third-order valence-electron chi connectivity index (χ3n) is 5.12. The number of methoxy groups -OCH3 is 1. The second-order valence-corrected chi connectivity index (χ2v) is 6.54. The number of carbonyl (C=O) groups is 1. The number of amides is 1. The largest absolute Gasteiger partial charge is 0.493 e. The highest BCUT2D eigenvalue weighted by molar-refractivity contribution is 5.95. The fourth-order valence-electron chi connectivity index (χ4n) is 3.56. The number of benzene rings is 1. The quantitative estimate of drug-likeness (QED) is 0.855. The van der Waals surface area contributed by atoms with Crippen LogP contribution in [-0.2, 0) is 0 Å². The van der Waals surface area contributed by atoms with E-state index in [0.29, 0.717) is 40.9 Å². The van der Waals surface area contributed by atoms with E-state index in [1.165, 1.54) is 0 Å². The summed E-state index contributed by atoms with van der Waals surface area (Å²) in [5.41, 5.74) is 1.10. The lowest BCUT2D eigenvalue weighted by Crippen LogP contribution is -2.32. The Bertz CT molecular complexity index is 553. The molecule has 0 radical (unpaired) electrons. The van der Waals surface area contributed by atoms with Crippen molar-refractivity contribution in [3.05, 3.63) is 23.8 Å². The second-order valence-electron chi connectivity index (χ2n) is 6.54. The SMILES string of the molecule is CCOc1cc(C(=O)N2C[C@H]3[C@H](C2)C3(C)C)ccc1OC. The monoisotopic (exact) mass is 289 g/mol. The average molecular weight is 289 g/mol. The van der Waals surface area contributed by atoms with Crippen LogP contribution >= 0.6 is 0 Å². The summed E-state index contributed by atoms with van der Waals surface area (Å²) in [6.07, 6.45) is 0. The number of fused-ring (bicyclic) bond motifs is 1. The summed E-state index contributed by atoms with van der Waals surface area (Å²) < 4.78 is 10.8. The number of carbonyl (C=O) groups excluding carboxylic acids is 1. The molecule has 2 atom stereocenters. The van der Waals surface area contributed by atoms with Gasteiger partial charge in [0.2, 0.25) is 0 Å². The van der Waals surface area contributed by atoms with E-state index < -0.39 is 0 Å². The summed E-state index contributed by atoms with van der Waals surface area (Å²) in [4.78, 5) is 14.6. The Labute approximate surface area is 126 Å². The van der Waals surface area contributed by atoms with Gasteiger partial charge in [0.25, 0.3) is 5.91 Å². The molecule has 0 unspecified atom stereocenters. The van der Waals surface area contributed by atoms with Crippen molar-refractivity contribution in [2.75, 3.05) is 26.8 Å². The molecule has 1 amide bonds. The highest BCUT2D eigenvalue weighted by atomic mass is 16.5. The minimum Gasteiger partial charge on any atom is -0.493 e. The molecule has 0 bridgehead atoms. The van der Waals surface area contributed by atoms with Crippen molar-refractivity contribution in [3.8, 4) is 11.5 Å². The molecule has 0 N–H and O–H groups in total. The van der Waals surface area contributed by atoms with Crippen molar-refractivity contribution >= 4 is 5.91 Å². The Kier molecular flexibility index (Phi) is 3.34. The van der Waals surface area contributed by atoms with Gasteiger partial charge in [-0.3, -0.25) is 4.79 Å². The molecule has 4 heteroatoms. The van der Waals surface area contributed by atoms with Gasteiger partial charge in [0.05, 0.1) is 13.7 Å². The van der Waals surface area contributed by atoms with Crippen molar-refractivity contribution in [1.29, 1.82) is 0 Å². The Morgan fingerprint density at radius 3 is 2.52 bits per heavy atom. The zero-order valence-corrected chi connectivity index (χ0v) is 13.2. The standard InChI is InChI=1S/C17H23NO3/c1-5-21-15-8-11(6-7-14(15)20-4)16(19)18-9-12-13(10-18)17(12,2)3/h6-8,12-13H,5,9-10H2,1-4H3/t12-,13-/m0/s1. The molecule has 1 saturated carbocycles. The molecule has 2 aliphatic rings. The Balaban J connectivity index is 1.75. The third kappa shape index (κ3) is 2.27. The van der Waals surface area contributed by atoms with Gasteiger partial charge >= 0.3 is 0 Å². The number of hydrogen-bond donors (Lipinski definition) is 0. The summed E-state index contributed by atoms with van der Waals surface area (Å²) in [7, 11) is 1.61. The minimum absolute atomic E-state index is 0.0987. The fraction of sp³-hybridized carbons (Fsp3) is 0.588. The molecule has 3 rings (SSSR count). The Morgan fingerprint density at radius 2 is 1.95 bits per heavy atom. The summed E-state index contributed by atoms with van der Waals surface area (Å²) >= 11 is 0. The van der Waals surface area contributed by atoms with E-state index in [1.807, 2.05) is 17.9 Å². The molecule has 1 aliphatic heterocycles. The van der Waals surface area contributed by atoms with E-state index >= 15 is 0 Å². The van der Waals surface area contributed by atoms with E-state index in [2.05, 4.69) is 13.8 Å². The number of piperidine rings is 1. The van der Waals surface area contributed by atoms with Crippen LogP contribution in [-0.4, -0.2) is 37.6 Å². The van der Waals surface area contributed by atoms with Crippen LogP contribution < -0.4 is 9.47 Å². The first-order valence-corrected chi connectivity index (χ1v) is 7.59. The lowest BCUT2D eigenvalue weighted by molar-refractivity contribution is 0.0757. The Morgan fingerprint density at radius 1 is 1.29 bits per heavy atom. The number of rotatable bonds is 4. The van der Waals surface area contributed by atoms with E-state index in [4.69, 9.17) is 9.47 Å². The third-order valence-corrected chi connectivity index (χ3v) is 5.12. The second kappa shape index (κ2) is 4.93. The summed E-state index contributed by atoms with van der Waals surface area (Å²) in [6, 6.07) is 5.41. The van der Waals surface area contributed by atoms with Crippen LogP contribution in [0, 0.1) is 17.3 Å². The van der Waals surface area contributed by atoms with Crippen LogP contribution in [0.2, 0.25) is 0 Å². The maximum Gasteiger partial charge on any atom is 0.254 e. The molecule has 2 fully saturated rings. The topological polar surface area (TPSA) is 38.8 Å². The fourth-order valence-corrected chi connectivity index (χ4v) is 3.56. The van der Waals surface area contributed by atoms with Gasteiger partial charge in [-0.05, 0) is 42.4 Å². The summed E-state index contributed by atoms with van der Waals surface area (Å²) in [5.74, 6) is 2.74. The molecule has 1 saturated heterocycles. The first-order chi connectivity index (χ1) is 9.98. The van der Waals surface area contributed by atoms with Gasteiger partial charge in [0.1, 0.15) is 0 Å². The minimum atomic E-state index is 0.0987. The van der Waals surface area contributed by atoms with Gasteiger partial charge < -0.3 is 14.4 Å². The molecule has 4 nitrogen and oxygen atoms in total. The molecule has 1 aliphatic carbocycles. The van der Waals surface area contributed by atoms with Crippen LogP contribution in [0.15, 0.2) is 18.2 Å². The molecule has 1 aromatic rings. The molecule has 0 aromatic heterocycles. The van der Waals surface area contributed by atoms with Gasteiger partial charge in [0, 0.05) is 18.7 Å². The van der Waals surface area contributed by atoms with Crippen LogP contribution in [0.3, 0.4) is 0 Å². The van der Waals surface area contributed by atoms with Crippen LogP contribution in [0.5, 0.6) is 11.5 Å². The van der Waals surface area contributed by atoms with Crippen molar-refractivity contribution < 1.29 is 14.3 Å². The number of nitrogens with zero attached hydrogens (tertiary/aromatic N) is 1. The van der Waals surface area contributed by atoms with Gasteiger partial charge in [-0.1, -0.05) is 13.8 Å². The predicted molar refractivity (Wildman–Crippen MR) is 80.8 cm³/mol. The number of ether oxygens (including phenoxy) is 2. The zero-order chi connectivity index (χ0) is 15.2. The van der Waals surface area contributed by atoms with Gasteiger partial charge in [0.15, 0.2) is 11.5 Å². The van der Waals surface area contributed by atoms with E-state index in [-0.39, 0.29) is 5.91 Å². The lowest BCUT2D eigenvalue weighted by Gasteiger charge is -2.22. The first kappa shape index (κ1) is 14.2. The van der Waals surface area contributed by atoms with Gasteiger partial charge in [-0.25, -0.2) is 0 Å². The predicted octanol–water partition coefficient (Wildman–Crippen LogP) is 2.82. The molecule has 0 spiro atoms. The zero-order valence-electron chi connectivity index (χ0n) is 13.2. The molecular weight excluding hydrogens is 266 g/mol. The van der Waals surface area contributed by atoms with Crippen molar-refractivity contribution in [3.63, 3.8) is 0 Å². The van der Waals surface area contributed by atoms with E-state index in [9.17, 15) is 4.79 Å². The van der Waals surface area contributed by atoms with Crippen molar-refractivity contribution in [2.45, 2.75) is 20.8 Å². The number of likely N-dealkylation sites (tertiary alicyclic amines) is 1. The van der Waals surface area contributed by atoms with Gasteiger partial charge in [-0.15, -0.1) is 0 Å². The van der Waals surface area contributed by atoms with Crippen LogP contribution in [0.4, 0.5) is 0 Å². The smallest absolute Gasteiger partial charge is 0.254 e. The normalized spacial score (nSPS) is 25.4. The summed E-state index contributed by atoms with van der Waals surface area (Å²) in [5, 5.41) is 0. The molecule has 1 heterocycles. The van der Waals surface area contributed by atoms with Crippen LogP contribution in [0.25, 0.3) is 0 Å². The molecule has 1 aromatic carbocycles. The maximum atomic E-state index is 12.6. The number of hydrogen-bond acceptors (Lipinski definition) is 3. The van der Waals surface area contributed by atoms with E-state index in [0.717, 1.165) is 13.1 Å². The molecule has 114 valence electrons. The van der Waals surface area contributed by atoms with Gasteiger partial charge in [-0.2, -0.15) is 0 Å². The first-order valence-electron chi connectivity index (χ1n) is 7.59. The molecule has 21 heavy (non-hydrogen) atoms. The highest BCUT2D eigenvalue weighted by Crippen LogP contribution is 2.62. The Hall–Kier alpha value is -1.71. The molecular formula is C17H23NO3. The average Bonchev–Trinajstić information content (AvgIpc) is 2.83. The summed E-state index contributed by atoms with van der Waals surface area (Å²) in [6.45, 7) is 8.83. The highest BCUT2D eigenvalue weighted by Gasteiger charge is 2.62. The van der Waals surface area contributed by atoms with Crippen molar-refractivity contribution in [1.82, 2.24) is 4.90 Å². The maximum absolute atomic E-state index is 12.6. The van der Waals surface area contributed by atoms with E-state index in [1.54, 1.807) is 19.2 Å². The van der Waals surface area contributed by atoms with Crippen molar-refractivity contribution in [2.24, 2.45) is 17.3 Å². The lowest BCUT2D eigenvalue weighted by atomic mass is 10.1.